The van der Waals surface area contributed by atoms with Crippen molar-refractivity contribution >= 4 is 5.91 Å². The molecule has 1 fully saturated rings. The van der Waals surface area contributed by atoms with Crippen LogP contribution in [0.15, 0.2) is 12.0 Å². The maximum atomic E-state index is 11.6. The summed E-state index contributed by atoms with van der Waals surface area (Å²) in [6, 6.07) is 0. The van der Waals surface area contributed by atoms with Gasteiger partial charge in [0.1, 0.15) is 19.5 Å². The van der Waals surface area contributed by atoms with Crippen LogP contribution in [0.2, 0.25) is 0 Å². The largest absolute Gasteiger partial charge is 0.494 e. The van der Waals surface area contributed by atoms with Crippen molar-refractivity contribution in [3.05, 3.63) is 12.0 Å². The Labute approximate surface area is 95.2 Å². The third-order valence-electron chi connectivity index (χ3n) is 2.88. The van der Waals surface area contributed by atoms with Gasteiger partial charge in [-0.2, -0.15) is 0 Å². The number of carbonyl (C=O) groups excluding carboxylic acids is 1. The van der Waals surface area contributed by atoms with E-state index in [1.54, 1.807) is 0 Å². The van der Waals surface area contributed by atoms with Gasteiger partial charge in [0.2, 0.25) is 5.76 Å². The number of ether oxygens (including phenoxy) is 2. The molecule has 2 rings (SSSR count). The smallest absolute Gasteiger partial charge is 0.289 e. The molecule has 0 aromatic carbocycles. The third-order valence-corrected chi connectivity index (χ3v) is 2.88. The van der Waals surface area contributed by atoms with E-state index in [-0.39, 0.29) is 5.91 Å². The molecular weight excluding hydrogens is 208 g/mol. The van der Waals surface area contributed by atoms with Crippen LogP contribution in [0, 0.1) is 5.92 Å². The van der Waals surface area contributed by atoms with E-state index in [9.17, 15) is 4.79 Å². The van der Waals surface area contributed by atoms with Crippen molar-refractivity contribution in [3.8, 4) is 0 Å². The van der Waals surface area contributed by atoms with Gasteiger partial charge in [-0.05, 0) is 31.8 Å². The Morgan fingerprint density at radius 3 is 2.94 bits per heavy atom. The molecule has 16 heavy (non-hydrogen) atoms. The van der Waals surface area contributed by atoms with Crippen molar-refractivity contribution in [2.24, 2.45) is 5.92 Å². The molecule has 0 saturated carbocycles. The maximum Gasteiger partial charge on any atom is 0.289 e. The van der Waals surface area contributed by atoms with Crippen molar-refractivity contribution < 1.29 is 14.3 Å². The lowest BCUT2D eigenvalue weighted by atomic mass is 9.98. The molecule has 0 aromatic heterocycles. The third kappa shape index (κ3) is 3.13. The molecule has 0 spiro atoms. The summed E-state index contributed by atoms with van der Waals surface area (Å²) in [5, 5.41) is 6.18. The van der Waals surface area contributed by atoms with Crippen LogP contribution in [0.25, 0.3) is 0 Å². The Balaban J connectivity index is 1.72. The molecule has 90 valence electrons. The second-order valence-corrected chi connectivity index (χ2v) is 4.10. The molecule has 2 N–H and O–H groups in total. The molecule has 2 heterocycles. The Morgan fingerprint density at radius 2 is 2.25 bits per heavy atom. The van der Waals surface area contributed by atoms with Crippen LogP contribution in [0.3, 0.4) is 0 Å². The number of rotatable bonds is 3. The standard InChI is InChI=1S/C11H18N2O3/c14-11(10-8-15-5-6-16-10)13-7-9-1-3-12-4-2-9/h8-9,12H,1-7H2,(H,13,14). The van der Waals surface area contributed by atoms with Crippen molar-refractivity contribution in [2.75, 3.05) is 32.8 Å². The van der Waals surface area contributed by atoms with Crippen LogP contribution in [0.5, 0.6) is 0 Å². The Kier molecular flexibility index (Phi) is 4.04. The lowest BCUT2D eigenvalue weighted by molar-refractivity contribution is -0.122. The van der Waals surface area contributed by atoms with Crippen LogP contribution in [-0.4, -0.2) is 38.8 Å². The quantitative estimate of drug-likeness (QED) is 0.710. The molecule has 1 saturated heterocycles. The van der Waals surface area contributed by atoms with E-state index in [1.165, 1.54) is 6.26 Å². The Hall–Kier alpha value is -1.23. The minimum absolute atomic E-state index is 0.168. The van der Waals surface area contributed by atoms with Gasteiger partial charge in [0.15, 0.2) is 0 Å². The van der Waals surface area contributed by atoms with E-state index >= 15 is 0 Å². The van der Waals surface area contributed by atoms with Crippen molar-refractivity contribution in [1.82, 2.24) is 10.6 Å². The SMILES string of the molecule is O=C(NCC1CCNCC1)C1=COCCO1. The highest BCUT2D eigenvalue weighted by atomic mass is 16.6. The van der Waals surface area contributed by atoms with E-state index in [0.717, 1.165) is 32.5 Å². The number of amides is 1. The first-order valence-corrected chi connectivity index (χ1v) is 5.80. The van der Waals surface area contributed by atoms with Crippen molar-refractivity contribution in [3.63, 3.8) is 0 Å². The Bertz CT molecular complexity index is 272. The first-order chi connectivity index (χ1) is 7.86. The summed E-state index contributed by atoms with van der Waals surface area (Å²) >= 11 is 0. The average Bonchev–Trinajstić information content (AvgIpc) is 2.38. The number of hydrogen-bond donors (Lipinski definition) is 2. The van der Waals surface area contributed by atoms with Gasteiger partial charge < -0.3 is 20.1 Å². The van der Waals surface area contributed by atoms with Crippen LogP contribution in [-0.2, 0) is 14.3 Å². The monoisotopic (exact) mass is 226 g/mol. The van der Waals surface area contributed by atoms with E-state index in [0.29, 0.717) is 24.9 Å². The molecule has 0 aliphatic carbocycles. The average molecular weight is 226 g/mol. The molecule has 0 atom stereocenters. The number of piperidine rings is 1. The minimum Gasteiger partial charge on any atom is -0.494 e. The summed E-state index contributed by atoms with van der Waals surface area (Å²) in [6.45, 7) is 3.78. The highest BCUT2D eigenvalue weighted by molar-refractivity contribution is 5.91. The van der Waals surface area contributed by atoms with Gasteiger partial charge in [-0.25, -0.2) is 0 Å². The molecule has 5 heteroatoms. The predicted molar refractivity (Wildman–Crippen MR) is 58.6 cm³/mol. The molecule has 1 amide bonds. The molecule has 0 aromatic rings. The molecular formula is C11H18N2O3. The molecule has 0 bridgehead atoms. The van der Waals surface area contributed by atoms with Gasteiger partial charge in [0.25, 0.3) is 5.91 Å². The van der Waals surface area contributed by atoms with Gasteiger partial charge in [0.05, 0.1) is 0 Å². The van der Waals surface area contributed by atoms with Crippen molar-refractivity contribution in [2.45, 2.75) is 12.8 Å². The van der Waals surface area contributed by atoms with Crippen LogP contribution in [0.1, 0.15) is 12.8 Å². The fourth-order valence-electron chi connectivity index (χ4n) is 1.90. The lowest BCUT2D eigenvalue weighted by Gasteiger charge is -2.23. The number of carbonyl (C=O) groups is 1. The van der Waals surface area contributed by atoms with Gasteiger partial charge in [-0.15, -0.1) is 0 Å². The van der Waals surface area contributed by atoms with Crippen LogP contribution >= 0.6 is 0 Å². The van der Waals surface area contributed by atoms with E-state index in [2.05, 4.69) is 10.6 Å². The number of nitrogens with one attached hydrogen (secondary N) is 2. The first-order valence-electron chi connectivity index (χ1n) is 5.80. The van der Waals surface area contributed by atoms with E-state index < -0.39 is 0 Å². The summed E-state index contributed by atoms with van der Waals surface area (Å²) in [4.78, 5) is 11.6. The first kappa shape index (κ1) is 11.3. The highest BCUT2D eigenvalue weighted by Gasteiger charge is 2.18. The van der Waals surface area contributed by atoms with Gasteiger partial charge in [0, 0.05) is 6.54 Å². The second-order valence-electron chi connectivity index (χ2n) is 4.10. The molecule has 2 aliphatic heterocycles. The summed E-state index contributed by atoms with van der Waals surface area (Å²) in [7, 11) is 0. The van der Waals surface area contributed by atoms with Crippen molar-refractivity contribution in [1.29, 1.82) is 0 Å². The van der Waals surface area contributed by atoms with E-state index in [4.69, 9.17) is 9.47 Å². The zero-order valence-corrected chi connectivity index (χ0v) is 9.33. The lowest BCUT2D eigenvalue weighted by Crippen LogP contribution is -2.37. The van der Waals surface area contributed by atoms with Gasteiger partial charge in [-0.1, -0.05) is 0 Å². The molecule has 5 nitrogen and oxygen atoms in total. The fraction of sp³-hybridized carbons (Fsp3) is 0.727. The summed E-state index contributed by atoms with van der Waals surface area (Å²) in [6.07, 6.45) is 3.63. The summed E-state index contributed by atoms with van der Waals surface area (Å²) in [5.41, 5.74) is 0. The molecule has 0 radical (unpaired) electrons. The summed E-state index contributed by atoms with van der Waals surface area (Å²) in [5.74, 6) is 0.703. The maximum absolute atomic E-state index is 11.6. The van der Waals surface area contributed by atoms with Crippen LogP contribution in [0.4, 0.5) is 0 Å². The topological polar surface area (TPSA) is 59.6 Å². The second kappa shape index (κ2) is 5.75. The Morgan fingerprint density at radius 1 is 1.44 bits per heavy atom. The normalized spacial score (nSPS) is 21.6. The molecule has 0 unspecified atom stereocenters. The summed E-state index contributed by atoms with van der Waals surface area (Å²) < 4.78 is 10.2. The van der Waals surface area contributed by atoms with Gasteiger partial charge in [-0.3, -0.25) is 4.79 Å². The predicted octanol–water partition coefficient (Wildman–Crippen LogP) is -0.00960. The van der Waals surface area contributed by atoms with Crippen LogP contribution < -0.4 is 10.6 Å². The fourth-order valence-corrected chi connectivity index (χ4v) is 1.90. The number of hydrogen-bond acceptors (Lipinski definition) is 4. The minimum atomic E-state index is -0.168. The molecule has 2 aliphatic rings. The van der Waals surface area contributed by atoms with E-state index in [1.807, 2.05) is 0 Å². The van der Waals surface area contributed by atoms with Gasteiger partial charge >= 0.3 is 0 Å². The zero-order chi connectivity index (χ0) is 11.2. The zero-order valence-electron chi connectivity index (χ0n) is 9.33. The highest BCUT2D eigenvalue weighted by Crippen LogP contribution is 2.10.